The quantitative estimate of drug-likeness (QED) is 0.722. The predicted molar refractivity (Wildman–Crippen MR) is 84.1 cm³/mol. The number of carbonyl (C=O) groups excluding carboxylic acids is 1. The van der Waals surface area contributed by atoms with Gasteiger partial charge in [0.25, 0.3) is 0 Å². The Bertz CT molecular complexity index is 608. The Kier molecular flexibility index (Phi) is 5.88. The topological polar surface area (TPSA) is 96.2 Å². The molecule has 1 heterocycles. The summed E-state index contributed by atoms with van der Waals surface area (Å²) in [5, 5.41) is 0. The van der Waals surface area contributed by atoms with Crippen molar-refractivity contribution < 1.29 is 9.63 Å². The monoisotopic (exact) mass is 300 g/mol. The Morgan fingerprint density at radius 1 is 1.36 bits per heavy atom. The third-order valence-electron chi connectivity index (χ3n) is 3.36. The number of benzene rings is 1. The van der Waals surface area contributed by atoms with Crippen molar-refractivity contribution in [2.24, 2.45) is 11.6 Å². The molecular weight excluding hydrogens is 280 g/mol. The molecule has 0 aliphatic carbocycles. The van der Waals surface area contributed by atoms with Crippen molar-refractivity contribution in [3.63, 3.8) is 0 Å². The van der Waals surface area contributed by atoms with Crippen LogP contribution in [0.2, 0.25) is 0 Å². The molecule has 0 fully saturated rings. The summed E-state index contributed by atoms with van der Waals surface area (Å²) in [5.41, 5.74) is 7.47. The van der Waals surface area contributed by atoms with Gasteiger partial charge >= 0.3 is 0 Å². The van der Waals surface area contributed by atoms with E-state index in [2.05, 4.69) is 15.9 Å². The molecule has 1 unspecified atom stereocenters. The van der Waals surface area contributed by atoms with Crippen LogP contribution in [-0.2, 0) is 16.2 Å². The molecule has 6 nitrogen and oxygen atoms in total. The standard InChI is InChI=1S/C16H20N4O2/c17-16(21)15(22-18)8-4-7-14(11-20-10-9-19-12-20)13-5-2-1-3-6-13/h1-3,5-7,9-10,12,15H,4,8,11,18H2,(H2,17,21). The minimum atomic E-state index is -0.762. The van der Waals surface area contributed by atoms with Gasteiger partial charge in [0.2, 0.25) is 5.91 Å². The number of allylic oxidation sites excluding steroid dienone is 2. The minimum Gasteiger partial charge on any atom is -0.367 e. The van der Waals surface area contributed by atoms with Crippen LogP contribution in [0.4, 0.5) is 0 Å². The first-order valence-corrected chi connectivity index (χ1v) is 7.05. The van der Waals surface area contributed by atoms with E-state index < -0.39 is 12.0 Å². The molecule has 0 saturated carbocycles. The van der Waals surface area contributed by atoms with Gasteiger partial charge in [-0.05, 0) is 24.0 Å². The van der Waals surface area contributed by atoms with Crippen molar-refractivity contribution in [3.8, 4) is 0 Å². The van der Waals surface area contributed by atoms with Crippen molar-refractivity contribution >= 4 is 11.5 Å². The van der Waals surface area contributed by atoms with Crippen LogP contribution < -0.4 is 11.6 Å². The zero-order chi connectivity index (χ0) is 15.8. The smallest absolute Gasteiger partial charge is 0.248 e. The molecule has 1 atom stereocenters. The lowest BCUT2D eigenvalue weighted by Crippen LogP contribution is -2.33. The summed E-state index contributed by atoms with van der Waals surface area (Å²) in [6.07, 6.45) is 7.83. The van der Waals surface area contributed by atoms with E-state index in [1.54, 1.807) is 12.5 Å². The highest BCUT2D eigenvalue weighted by Crippen LogP contribution is 2.18. The second-order valence-corrected chi connectivity index (χ2v) is 4.93. The molecule has 1 amide bonds. The van der Waals surface area contributed by atoms with Crippen molar-refractivity contribution in [1.29, 1.82) is 0 Å². The highest BCUT2D eigenvalue weighted by atomic mass is 16.6. The maximum Gasteiger partial charge on any atom is 0.248 e. The average molecular weight is 300 g/mol. The first-order valence-electron chi connectivity index (χ1n) is 7.05. The van der Waals surface area contributed by atoms with Crippen molar-refractivity contribution in [2.45, 2.75) is 25.5 Å². The van der Waals surface area contributed by atoms with Crippen LogP contribution >= 0.6 is 0 Å². The maximum absolute atomic E-state index is 11.1. The highest BCUT2D eigenvalue weighted by Gasteiger charge is 2.13. The molecule has 1 aromatic heterocycles. The highest BCUT2D eigenvalue weighted by molar-refractivity contribution is 5.78. The van der Waals surface area contributed by atoms with Crippen LogP contribution in [0.25, 0.3) is 5.57 Å². The fourth-order valence-electron chi connectivity index (χ4n) is 2.19. The summed E-state index contributed by atoms with van der Waals surface area (Å²) in [7, 11) is 0. The molecular formula is C16H20N4O2. The third kappa shape index (κ3) is 4.54. The number of amides is 1. The Balaban J connectivity index is 2.10. The first-order chi connectivity index (χ1) is 10.7. The minimum absolute atomic E-state index is 0.450. The summed E-state index contributed by atoms with van der Waals surface area (Å²) in [6.45, 7) is 0.703. The van der Waals surface area contributed by atoms with Crippen LogP contribution in [-0.4, -0.2) is 21.6 Å². The summed E-state index contributed by atoms with van der Waals surface area (Å²) >= 11 is 0. The molecule has 4 N–H and O–H groups in total. The number of nitrogens with zero attached hydrogens (tertiary/aromatic N) is 2. The van der Waals surface area contributed by atoms with E-state index in [0.29, 0.717) is 19.4 Å². The molecule has 6 heteroatoms. The van der Waals surface area contributed by atoms with E-state index in [1.807, 2.05) is 41.1 Å². The molecule has 2 aromatic rings. The zero-order valence-corrected chi connectivity index (χ0v) is 12.3. The number of imidazole rings is 1. The Labute approximate surface area is 129 Å². The van der Waals surface area contributed by atoms with Crippen molar-refractivity contribution in [2.75, 3.05) is 0 Å². The molecule has 0 aliphatic rings. The van der Waals surface area contributed by atoms with Gasteiger partial charge in [-0.2, -0.15) is 0 Å². The van der Waals surface area contributed by atoms with Gasteiger partial charge in [0.05, 0.1) is 6.33 Å². The van der Waals surface area contributed by atoms with Crippen molar-refractivity contribution in [1.82, 2.24) is 9.55 Å². The summed E-state index contributed by atoms with van der Waals surface area (Å²) in [6, 6.07) is 10.1. The molecule has 0 radical (unpaired) electrons. The molecule has 22 heavy (non-hydrogen) atoms. The van der Waals surface area contributed by atoms with Gasteiger partial charge in [-0.15, -0.1) is 0 Å². The Hall–Kier alpha value is -2.44. The van der Waals surface area contributed by atoms with Gasteiger partial charge in [-0.25, -0.2) is 10.9 Å². The lowest BCUT2D eigenvalue weighted by Gasteiger charge is -2.11. The number of carbonyl (C=O) groups is 1. The van der Waals surface area contributed by atoms with Crippen LogP contribution in [0, 0.1) is 0 Å². The number of nitrogens with two attached hydrogens (primary N) is 2. The molecule has 1 aromatic carbocycles. The number of hydrogen-bond acceptors (Lipinski definition) is 4. The largest absolute Gasteiger partial charge is 0.367 e. The predicted octanol–water partition coefficient (Wildman–Crippen LogP) is 1.49. The van der Waals surface area contributed by atoms with Crippen LogP contribution in [0.1, 0.15) is 18.4 Å². The Morgan fingerprint density at radius 2 is 2.14 bits per heavy atom. The van der Waals surface area contributed by atoms with E-state index in [1.165, 1.54) is 0 Å². The Morgan fingerprint density at radius 3 is 2.73 bits per heavy atom. The molecule has 0 bridgehead atoms. The second-order valence-electron chi connectivity index (χ2n) is 4.93. The number of rotatable bonds is 8. The molecule has 0 saturated heterocycles. The van der Waals surface area contributed by atoms with Gasteiger partial charge in [0.1, 0.15) is 0 Å². The third-order valence-corrected chi connectivity index (χ3v) is 3.36. The van der Waals surface area contributed by atoms with Crippen LogP contribution in [0.3, 0.4) is 0 Å². The van der Waals surface area contributed by atoms with Crippen molar-refractivity contribution in [3.05, 3.63) is 60.7 Å². The summed E-state index contributed by atoms with van der Waals surface area (Å²) in [4.78, 5) is 19.8. The van der Waals surface area contributed by atoms with E-state index in [0.717, 1.165) is 11.1 Å². The maximum atomic E-state index is 11.1. The molecule has 0 aliphatic heterocycles. The van der Waals surface area contributed by atoms with E-state index in [9.17, 15) is 4.79 Å². The average Bonchev–Trinajstić information content (AvgIpc) is 3.04. The lowest BCUT2D eigenvalue weighted by atomic mass is 10.0. The fourth-order valence-corrected chi connectivity index (χ4v) is 2.19. The van der Waals surface area contributed by atoms with E-state index in [4.69, 9.17) is 11.6 Å². The number of aromatic nitrogens is 2. The molecule has 2 rings (SSSR count). The van der Waals surface area contributed by atoms with Gasteiger partial charge in [0.15, 0.2) is 6.10 Å². The SMILES string of the molecule is NOC(CCC=C(Cn1ccnc1)c1ccccc1)C(N)=O. The van der Waals surface area contributed by atoms with Gasteiger partial charge in [0, 0.05) is 18.9 Å². The fraction of sp³-hybridized carbons (Fsp3) is 0.250. The molecule has 116 valence electrons. The van der Waals surface area contributed by atoms with E-state index in [-0.39, 0.29) is 0 Å². The van der Waals surface area contributed by atoms with Gasteiger partial charge < -0.3 is 10.3 Å². The second kappa shape index (κ2) is 8.11. The van der Waals surface area contributed by atoms with Gasteiger partial charge in [-0.1, -0.05) is 36.4 Å². The van der Waals surface area contributed by atoms with E-state index >= 15 is 0 Å². The normalized spacial score (nSPS) is 13.0. The lowest BCUT2D eigenvalue weighted by molar-refractivity contribution is -0.130. The number of primary amides is 1. The first kappa shape index (κ1) is 15.9. The molecule has 0 spiro atoms. The van der Waals surface area contributed by atoms with Crippen LogP contribution in [0.5, 0.6) is 0 Å². The summed E-state index contributed by atoms with van der Waals surface area (Å²) < 4.78 is 1.99. The van der Waals surface area contributed by atoms with Crippen LogP contribution in [0.15, 0.2) is 55.1 Å². The number of hydrogen-bond donors (Lipinski definition) is 2. The summed E-state index contributed by atoms with van der Waals surface area (Å²) in [5.74, 6) is 4.53. The van der Waals surface area contributed by atoms with Gasteiger partial charge in [-0.3, -0.25) is 9.63 Å². The zero-order valence-electron chi connectivity index (χ0n) is 12.3.